The maximum Gasteiger partial charge on any atom is 0.433 e. The molecule has 3 nitrogen and oxygen atoms in total. The first-order chi connectivity index (χ1) is 9.75. The lowest BCUT2D eigenvalue weighted by molar-refractivity contribution is -0.141. The van der Waals surface area contributed by atoms with Crippen molar-refractivity contribution in [1.82, 2.24) is 9.97 Å². The SMILES string of the molecule is O=c1cc(C(F)(F)F)nc(SCc2cc(F)ccc2F)[nH]1. The normalized spacial score (nSPS) is 11.7. The third-order valence-corrected chi connectivity index (χ3v) is 3.30. The van der Waals surface area contributed by atoms with Crippen LogP contribution in [0.15, 0.2) is 34.2 Å². The molecule has 21 heavy (non-hydrogen) atoms. The molecule has 0 radical (unpaired) electrons. The van der Waals surface area contributed by atoms with Gasteiger partial charge in [-0.1, -0.05) is 11.8 Å². The molecule has 0 bridgehead atoms. The first-order valence-corrected chi connectivity index (χ1v) is 6.49. The van der Waals surface area contributed by atoms with E-state index in [1.54, 1.807) is 0 Å². The fraction of sp³-hybridized carbons (Fsp3) is 0.167. The van der Waals surface area contributed by atoms with Crippen molar-refractivity contribution in [1.29, 1.82) is 0 Å². The van der Waals surface area contributed by atoms with Gasteiger partial charge in [-0.05, 0) is 18.2 Å². The molecular weight excluding hydrogens is 315 g/mol. The molecule has 2 aromatic rings. The molecule has 0 atom stereocenters. The molecule has 0 aliphatic carbocycles. The minimum absolute atomic E-state index is 0.0416. The molecule has 0 saturated carbocycles. The van der Waals surface area contributed by atoms with Gasteiger partial charge in [0.15, 0.2) is 10.9 Å². The zero-order valence-electron chi connectivity index (χ0n) is 10.2. The Morgan fingerprint density at radius 2 is 1.90 bits per heavy atom. The number of aromatic nitrogens is 2. The zero-order valence-corrected chi connectivity index (χ0v) is 11.0. The van der Waals surface area contributed by atoms with E-state index in [1.165, 1.54) is 0 Å². The van der Waals surface area contributed by atoms with Crippen molar-refractivity contribution in [2.75, 3.05) is 0 Å². The van der Waals surface area contributed by atoms with Crippen molar-refractivity contribution in [3.05, 3.63) is 57.5 Å². The Bertz CT molecular complexity index is 714. The second kappa shape index (κ2) is 5.84. The fourth-order valence-corrected chi connectivity index (χ4v) is 2.30. The lowest BCUT2D eigenvalue weighted by Gasteiger charge is -2.07. The van der Waals surface area contributed by atoms with Gasteiger partial charge in [0, 0.05) is 17.4 Å². The molecule has 0 fully saturated rings. The van der Waals surface area contributed by atoms with E-state index in [4.69, 9.17) is 0 Å². The highest BCUT2D eigenvalue weighted by atomic mass is 32.2. The van der Waals surface area contributed by atoms with Crippen LogP contribution in [0.3, 0.4) is 0 Å². The summed E-state index contributed by atoms with van der Waals surface area (Å²) in [6.07, 6.45) is -4.76. The van der Waals surface area contributed by atoms with Crippen LogP contribution in [0.4, 0.5) is 22.0 Å². The molecule has 112 valence electrons. The average Bonchev–Trinajstić information content (AvgIpc) is 2.38. The predicted molar refractivity (Wildman–Crippen MR) is 65.8 cm³/mol. The number of benzene rings is 1. The summed E-state index contributed by atoms with van der Waals surface area (Å²) in [5, 5.41) is -0.321. The Labute approximate surface area is 119 Å². The smallest absolute Gasteiger partial charge is 0.301 e. The Balaban J connectivity index is 2.22. The summed E-state index contributed by atoms with van der Waals surface area (Å²) in [6.45, 7) is 0. The van der Waals surface area contributed by atoms with Gasteiger partial charge in [0.1, 0.15) is 11.6 Å². The number of hydrogen-bond acceptors (Lipinski definition) is 3. The number of nitrogens with zero attached hydrogens (tertiary/aromatic N) is 1. The van der Waals surface area contributed by atoms with Crippen LogP contribution < -0.4 is 5.56 Å². The number of thioether (sulfide) groups is 1. The highest BCUT2D eigenvalue weighted by Gasteiger charge is 2.33. The summed E-state index contributed by atoms with van der Waals surface area (Å²) in [5.41, 5.74) is -2.35. The second-order valence-electron chi connectivity index (χ2n) is 3.96. The molecule has 0 saturated heterocycles. The molecule has 1 aromatic heterocycles. The van der Waals surface area contributed by atoms with Gasteiger partial charge in [-0.15, -0.1) is 0 Å². The fourth-order valence-electron chi connectivity index (χ4n) is 1.45. The second-order valence-corrected chi connectivity index (χ2v) is 4.92. The maximum absolute atomic E-state index is 13.4. The number of aromatic amines is 1. The van der Waals surface area contributed by atoms with Crippen molar-refractivity contribution in [2.24, 2.45) is 0 Å². The highest BCUT2D eigenvalue weighted by molar-refractivity contribution is 7.98. The van der Waals surface area contributed by atoms with Crippen LogP contribution >= 0.6 is 11.8 Å². The van der Waals surface area contributed by atoms with Crippen LogP contribution in [-0.2, 0) is 11.9 Å². The summed E-state index contributed by atoms with van der Waals surface area (Å²) >= 11 is 0.667. The van der Waals surface area contributed by atoms with Crippen molar-refractivity contribution >= 4 is 11.8 Å². The summed E-state index contributed by atoms with van der Waals surface area (Å²) in [5.74, 6) is -1.54. The summed E-state index contributed by atoms with van der Waals surface area (Å²) in [4.78, 5) is 16.5. The number of rotatable bonds is 3. The predicted octanol–water partition coefficient (Wildman–Crippen LogP) is 3.36. The standard InChI is InChI=1S/C12H7F5N2OS/c13-7-1-2-8(14)6(3-7)5-21-11-18-9(12(15,16)17)4-10(20)19-11/h1-4H,5H2,(H,18,19,20). The number of alkyl halides is 3. The van der Waals surface area contributed by atoms with Crippen LogP contribution in [0.5, 0.6) is 0 Å². The van der Waals surface area contributed by atoms with Crippen LogP contribution in [0, 0.1) is 11.6 Å². The largest absolute Gasteiger partial charge is 0.433 e. The van der Waals surface area contributed by atoms with E-state index in [0.717, 1.165) is 18.2 Å². The lowest BCUT2D eigenvalue weighted by Crippen LogP contribution is -2.16. The van der Waals surface area contributed by atoms with E-state index in [2.05, 4.69) is 9.97 Å². The van der Waals surface area contributed by atoms with Gasteiger partial charge in [-0.3, -0.25) is 4.79 Å². The molecule has 9 heteroatoms. The molecule has 0 aliphatic heterocycles. The molecule has 1 aromatic carbocycles. The van der Waals surface area contributed by atoms with E-state index in [-0.39, 0.29) is 16.5 Å². The van der Waals surface area contributed by atoms with Gasteiger partial charge in [-0.25, -0.2) is 13.8 Å². The quantitative estimate of drug-likeness (QED) is 0.535. The van der Waals surface area contributed by atoms with E-state index in [1.807, 2.05) is 0 Å². The first kappa shape index (κ1) is 15.5. The van der Waals surface area contributed by atoms with E-state index in [9.17, 15) is 26.7 Å². The molecule has 0 spiro atoms. The maximum atomic E-state index is 13.4. The topological polar surface area (TPSA) is 45.8 Å². The molecule has 2 rings (SSSR count). The number of halogens is 5. The molecule has 1 N–H and O–H groups in total. The van der Waals surface area contributed by atoms with Gasteiger partial charge >= 0.3 is 6.18 Å². The van der Waals surface area contributed by atoms with Gasteiger partial charge in [0.25, 0.3) is 5.56 Å². The van der Waals surface area contributed by atoms with Gasteiger partial charge in [0.05, 0.1) is 0 Å². The highest BCUT2D eigenvalue weighted by Crippen LogP contribution is 2.28. The summed E-state index contributed by atoms with van der Waals surface area (Å²) in [6, 6.07) is 3.09. The number of nitrogens with one attached hydrogen (secondary N) is 1. The van der Waals surface area contributed by atoms with Gasteiger partial charge < -0.3 is 4.98 Å². The summed E-state index contributed by atoms with van der Waals surface area (Å²) in [7, 11) is 0. The minimum atomic E-state index is -4.76. The van der Waals surface area contributed by atoms with Crippen molar-refractivity contribution in [3.63, 3.8) is 0 Å². The van der Waals surface area contributed by atoms with E-state index >= 15 is 0 Å². The third kappa shape index (κ3) is 4.03. The molecule has 0 aliphatic rings. The van der Waals surface area contributed by atoms with Crippen LogP contribution in [-0.4, -0.2) is 9.97 Å². The summed E-state index contributed by atoms with van der Waals surface area (Å²) < 4.78 is 63.8. The van der Waals surface area contributed by atoms with E-state index < -0.39 is 29.1 Å². The third-order valence-electron chi connectivity index (χ3n) is 2.38. The number of hydrogen-bond donors (Lipinski definition) is 1. The average molecular weight is 322 g/mol. The first-order valence-electron chi connectivity index (χ1n) is 5.51. The van der Waals surface area contributed by atoms with Crippen LogP contribution in [0.1, 0.15) is 11.3 Å². The van der Waals surface area contributed by atoms with E-state index in [0.29, 0.717) is 17.8 Å². The monoisotopic (exact) mass is 322 g/mol. The van der Waals surface area contributed by atoms with Crippen molar-refractivity contribution < 1.29 is 22.0 Å². The molecule has 1 heterocycles. The molecular formula is C12H7F5N2OS. The van der Waals surface area contributed by atoms with Gasteiger partial charge in [-0.2, -0.15) is 13.2 Å². The van der Waals surface area contributed by atoms with Gasteiger partial charge in [0.2, 0.25) is 0 Å². The lowest BCUT2D eigenvalue weighted by atomic mass is 10.2. The zero-order chi connectivity index (χ0) is 15.6. The molecule has 0 amide bonds. The Kier molecular flexibility index (Phi) is 4.31. The minimum Gasteiger partial charge on any atom is -0.301 e. The number of H-pyrrole nitrogens is 1. The van der Waals surface area contributed by atoms with Crippen molar-refractivity contribution in [2.45, 2.75) is 17.1 Å². The van der Waals surface area contributed by atoms with Crippen LogP contribution in [0.25, 0.3) is 0 Å². The van der Waals surface area contributed by atoms with Crippen molar-refractivity contribution in [3.8, 4) is 0 Å². The Morgan fingerprint density at radius 3 is 2.57 bits per heavy atom. The Hall–Kier alpha value is -1.90. The Morgan fingerprint density at radius 1 is 1.19 bits per heavy atom. The van der Waals surface area contributed by atoms with Crippen LogP contribution in [0.2, 0.25) is 0 Å². The molecule has 0 unspecified atom stereocenters.